The van der Waals surface area contributed by atoms with E-state index >= 15 is 0 Å². The zero-order chi connectivity index (χ0) is 10.4. The topological polar surface area (TPSA) is 52.3 Å². The smallest absolute Gasteiger partial charge is 0.305 e. The molecule has 1 aromatic rings. The second-order valence-electron chi connectivity index (χ2n) is 3.13. The highest BCUT2D eigenvalue weighted by atomic mass is 35.5. The summed E-state index contributed by atoms with van der Waals surface area (Å²) in [5.74, 6) is -0.167. The van der Waals surface area contributed by atoms with E-state index in [2.05, 4.69) is 4.74 Å². The van der Waals surface area contributed by atoms with Crippen LogP contribution in [0.3, 0.4) is 0 Å². The second-order valence-corrected chi connectivity index (χ2v) is 3.13. The number of benzene rings is 1. The first-order valence-corrected chi connectivity index (χ1v) is 4.64. The fourth-order valence-corrected chi connectivity index (χ4v) is 1.29. The molecule has 1 aromatic carbocycles. The summed E-state index contributed by atoms with van der Waals surface area (Å²) in [4.78, 5) is 10.8. The maximum absolute atomic E-state index is 10.8. The van der Waals surface area contributed by atoms with Gasteiger partial charge in [0.05, 0.1) is 7.11 Å². The minimum absolute atomic E-state index is 0. The van der Waals surface area contributed by atoms with Crippen LogP contribution in [0.4, 0.5) is 5.69 Å². The lowest BCUT2D eigenvalue weighted by Gasteiger charge is -2.03. The van der Waals surface area contributed by atoms with Crippen LogP contribution in [-0.2, 0) is 16.0 Å². The highest BCUT2D eigenvalue weighted by molar-refractivity contribution is 5.85. The van der Waals surface area contributed by atoms with Crippen molar-refractivity contribution in [2.75, 3.05) is 12.8 Å². The fraction of sp³-hybridized carbons (Fsp3) is 0.364. The van der Waals surface area contributed by atoms with Crippen molar-refractivity contribution < 1.29 is 9.53 Å². The number of para-hydroxylation sites is 1. The van der Waals surface area contributed by atoms with Crippen LogP contribution in [-0.4, -0.2) is 13.1 Å². The van der Waals surface area contributed by atoms with Gasteiger partial charge in [0.1, 0.15) is 0 Å². The zero-order valence-electron chi connectivity index (χ0n) is 8.73. The van der Waals surface area contributed by atoms with Crippen LogP contribution in [0.2, 0.25) is 0 Å². The highest BCUT2D eigenvalue weighted by Crippen LogP contribution is 2.13. The van der Waals surface area contributed by atoms with Gasteiger partial charge in [-0.3, -0.25) is 4.79 Å². The molecule has 4 heteroatoms. The third-order valence-corrected chi connectivity index (χ3v) is 2.11. The molecule has 84 valence electrons. The molecule has 0 amide bonds. The lowest BCUT2D eigenvalue weighted by Crippen LogP contribution is -2.01. The van der Waals surface area contributed by atoms with E-state index < -0.39 is 0 Å². The maximum atomic E-state index is 10.8. The van der Waals surface area contributed by atoms with Gasteiger partial charge in [-0.25, -0.2) is 0 Å². The average Bonchev–Trinajstić information content (AvgIpc) is 2.20. The summed E-state index contributed by atoms with van der Waals surface area (Å²) >= 11 is 0. The van der Waals surface area contributed by atoms with E-state index in [4.69, 9.17) is 5.73 Å². The number of anilines is 1. The molecule has 0 heterocycles. The molecule has 0 aromatic heterocycles. The van der Waals surface area contributed by atoms with Gasteiger partial charge in [-0.2, -0.15) is 0 Å². The van der Waals surface area contributed by atoms with Gasteiger partial charge in [0, 0.05) is 12.1 Å². The van der Waals surface area contributed by atoms with Gasteiger partial charge in [0.2, 0.25) is 0 Å². The molecule has 0 aliphatic rings. The number of halogens is 1. The molecule has 0 bridgehead atoms. The standard InChI is InChI=1S/C11H15NO2.ClH/c1-14-11(13)8-4-6-9-5-2-3-7-10(9)12;/h2-3,5,7H,4,6,8,12H2,1H3;1H. The van der Waals surface area contributed by atoms with E-state index in [1.807, 2.05) is 24.3 Å². The number of ether oxygens (including phenoxy) is 1. The predicted molar refractivity (Wildman–Crippen MR) is 63.1 cm³/mol. The largest absolute Gasteiger partial charge is 0.469 e. The molecule has 0 aliphatic heterocycles. The van der Waals surface area contributed by atoms with Crippen molar-refractivity contribution in [2.24, 2.45) is 0 Å². The van der Waals surface area contributed by atoms with Crippen molar-refractivity contribution in [1.29, 1.82) is 0 Å². The number of nitrogen functional groups attached to an aromatic ring is 1. The number of hydrogen-bond donors (Lipinski definition) is 1. The molecule has 2 N–H and O–H groups in total. The molecule has 1 rings (SSSR count). The minimum atomic E-state index is -0.167. The Morgan fingerprint density at radius 1 is 1.40 bits per heavy atom. The van der Waals surface area contributed by atoms with E-state index in [1.54, 1.807) is 0 Å². The summed E-state index contributed by atoms with van der Waals surface area (Å²) in [6, 6.07) is 7.70. The molecular formula is C11H16ClNO2. The van der Waals surface area contributed by atoms with Crippen molar-refractivity contribution >= 4 is 24.1 Å². The van der Waals surface area contributed by atoms with Crippen LogP contribution in [0.5, 0.6) is 0 Å². The predicted octanol–water partition coefficient (Wildman–Crippen LogP) is 2.19. The molecule has 0 aliphatic carbocycles. The van der Waals surface area contributed by atoms with Gasteiger partial charge >= 0.3 is 5.97 Å². The summed E-state index contributed by atoms with van der Waals surface area (Å²) < 4.78 is 4.55. The van der Waals surface area contributed by atoms with Gasteiger partial charge in [-0.05, 0) is 24.5 Å². The van der Waals surface area contributed by atoms with Gasteiger partial charge in [-0.1, -0.05) is 18.2 Å². The second kappa shape index (κ2) is 7.12. The van der Waals surface area contributed by atoms with E-state index in [9.17, 15) is 4.79 Å². The fourth-order valence-electron chi connectivity index (χ4n) is 1.29. The number of rotatable bonds is 4. The van der Waals surface area contributed by atoms with E-state index in [0.717, 1.165) is 24.1 Å². The Labute approximate surface area is 96.0 Å². The van der Waals surface area contributed by atoms with Gasteiger partial charge < -0.3 is 10.5 Å². The van der Waals surface area contributed by atoms with E-state index in [0.29, 0.717) is 6.42 Å². The van der Waals surface area contributed by atoms with Crippen LogP contribution in [0.1, 0.15) is 18.4 Å². The van der Waals surface area contributed by atoms with Gasteiger partial charge in [0.25, 0.3) is 0 Å². The third kappa shape index (κ3) is 4.70. The Morgan fingerprint density at radius 3 is 2.67 bits per heavy atom. The van der Waals surface area contributed by atoms with Crippen molar-refractivity contribution in [1.82, 2.24) is 0 Å². The molecule has 15 heavy (non-hydrogen) atoms. The zero-order valence-corrected chi connectivity index (χ0v) is 9.55. The number of carbonyl (C=O) groups excluding carboxylic acids is 1. The lowest BCUT2D eigenvalue weighted by molar-refractivity contribution is -0.140. The first kappa shape index (κ1) is 13.8. The maximum Gasteiger partial charge on any atom is 0.305 e. The Kier molecular flexibility index (Phi) is 6.54. The average molecular weight is 230 g/mol. The molecule has 0 spiro atoms. The molecule has 0 radical (unpaired) electrons. The lowest BCUT2D eigenvalue weighted by atomic mass is 10.1. The summed E-state index contributed by atoms with van der Waals surface area (Å²) in [7, 11) is 1.40. The Bertz CT molecular complexity index is 315. The summed E-state index contributed by atoms with van der Waals surface area (Å²) in [5.41, 5.74) is 7.64. The summed E-state index contributed by atoms with van der Waals surface area (Å²) in [5, 5.41) is 0. The van der Waals surface area contributed by atoms with E-state index in [1.165, 1.54) is 7.11 Å². The molecule has 0 saturated heterocycles. The van der Waals surface area contributed by atoms with Crippen LogP contribution >= 0.6 is 12.4 Å². The number of hydrogen-bond acceptors (Lipinski definition) is 3. The molecule has 0 fully saturated rings. The van der Waals surface area contributed by atoms with Crippen molar-refractivity contribution in [3.63, 3.8) is 0 Å². The molecule has 0 atom stereocenters. The number of nitrogens with two attached hydrogens (primary N) is 1. The Balaban J connectivity index is 0.00000196. The van der Waals surface area contributed by atoms with Crippen molar-refractivity contribution in [2.45, 2.75) is 19.3 Å². The first-order chi connectivity index (χ1) is 6.74. The molecule has 0 saturated carbocycles. The molecule has 0 unspecified atom stereocenters. The van der Waals surface area contributed by atoms with Crippen LogP contribution in [0.25, 0.3) is 0 Å². The SMILES string of the molecule is COC(=O)CCCc1ccccc1N.Cl. The normalized spacial score (nSPS) is 9.13. The van der Waals surface area contributed by atoms with Crippen molar-refractivity contribution in [3.05, 3.63) is 29.8 Å². The number of carbonyl (C=O) groups is 1. The number of methoxy groups -OCH3 is 1. The first-order valence-electron chi connectivity index (χ1n) is 4.64. The summed E-state index contributed by atoms with van der Waals surface area (Å²) in [6.07, 6.45) is 2.05. The van der Waals surface area contributed by atoms with Crippen LogP contribution in [0.15, 0.2) is 24.3 Å². The number of aryl methyl sites for hydroxylation is 1. The molecular weight excluding hydrogens is 214 g/mol. The van der Waals surface area contributed by atoms with E-state index in [-0.39, 0.29) is 18.4 Å². The Hall–Kier alpha value is -1.22. The molecule has 3 nitrogen and oxygen atoms in total. The quantitative estimate of drug-likeness (QED) is 0.636. The van der Waals surface area contributed by atoms with Crippen LogP contribution < -0.4 is 5.73 Å². The van der Waals surface area contributed by atoms with Gasteiger partial charge in [0.15, 0.2) is 0 Å². The highest BCUT2D eigenvalue weighted by Gasteiger charge is 2.01. The third-order valence-electron chi connectivity index (χ3n) is 2.11. The number of esters is 1. The van der Waals surface area contributed by atoms with Gasteiger partial charge in [-0.15, -0.1) is 12.4 Å². The monoisotopic (exact) mass is 229 g/mol. The minimum Gasteiger partial charge on any atom is -0.469 e. The Morgan fingerprint density at radius 2 is 2.07 bits per heavy atom. The van der Waals surface area contributed by atoms with Crippen LogP contribution in [0, 0.1) is 0 Å². The van der Waals surface area contributed by atoms with Crippen molar-refractivity contribution in [3.8, 4) is 0 Å². The summed E-state index contributed by atoms with van der Waals surface area (Å²) in [6.45, 7) is 0.